The highest BCUT2D eigenvalue weighted by molar-refractivity contribution is 5.22. The van der Waals surface area contributed by atoms with Gasteiger partial charge in [-0.3, -0.25) is 5.32 Å². The average Bonchev–Trinajstić information content (AvgIpc) is 2.87. The Bertz CT molecular complexity index is 282. The Morgan fingerprint density at radius 3 is 2.59 bits per heavy atom. The predicted molar refractivity (Wildman–Crippen MR) is 67.6 cm³/mol. The van der Waals surface area contributed by atoms with Crippen molar-refractivity contribution >= 4 is 0 Å². The van der Waals surface area contributed by atoms with Crippen molar-refractivity contribution in [3.63, 3.8) is 0 Å². The van der Waals surface area contributed by atoms with E-state index < -0.39 is 5.54 Å². The predicted octanol–water partition coefficient (Wildman–Crippen LogP) is 0.958. The zero-order chi connectivity index (χ0) is 12.7. The van der Waals surface area contributed by atoms with E-state index in [1.165, 1.54) is 5.57 Å². The van der Waals surface area contributed by atoms with Crippen LogP contribution in [-0.2, 0) is 4.74 Å². The van der Waals surface area contributed by atoms with Gasteiger partial charge in [-0.1, -0.05) is 32.1 Å². The Hall–Kier alpha value is -0.680. The summed E-state index contributed by atoms with van der Waals surface area (Å²) in [7, 11) is 0. The molecule has 1 aliphatic carbocycles. The van der Waals surface area contributed by atoms with Gasteiger partial charge in [0.1, 0.15) is 6.23 Å². The fourth-order valence-corrected chi connectivity index (χ4v) is 1.88. The van der Waals surface area contributed by atoms with Gasteiger partial charge in [-0.25, -0.2) is 0 Å². The maximum Gasteiger partial charge on any atom is 0.131 e. The Kier molecular flexibility index (Phi) is 5.85. The molecule has 1 fully saturated rings. The number of nitrogens with one attached hydrogen (secondary N) is 1. The van der Waals surface area contributed by atoms with Gasteiger partial charge in [-0.2, -0.15) is 0 Å². The highest BCUT2D eigenvalue weighted by atomic mass is 16.5. The fraction of sp³-hybridized carbons (Fsp3) is 0.692. The number of ether oxygens (including phenoxy) is 1. The van der Waals surface area contributed by atoms with Crippen LogP contribution in [0, 0.1) is 0 Å². The summed E-state index contributed by atoms with van der Waals surface area (Å²) in [5, 5.41) is 21.5. The van der Waals surface area contributed by atoms with Gasteiger partial charge in [0.15, 0.2) is 0 Å². The first kappa shape index (κ1) is 14.4. The lowest BCUT2D eigenvalue weighted by atomic mass is 10.0. The van der Waals surface area contributed by atoms with Crippen LogP contribution in [0.5, 0.6) is 0 Å². The van der Waals surface area contributed by atoms with Gasteiger partial charge < -0.3 is 14.9 Å². The third-order valence-electron chi connectivity index (χ3n) is 2.95. The Labute approximate surface area is 103 Å². The average molecular weight is 241 g/mol. The van der Waals surface area contributed by atoms with Crippen molar-refractivity contribution in [3.05, 3.63) is 23.8 Å². The third kappa shape index (κ3) is 3.39. The fourth-order valence-electron chi connectivity index (χ4n) is 1.88. The molecular formula is C13H23NO3. The number of allylic oxidation sites excluding steroid dienone is 3. The molecule has 0 saturated carbocycles. The molecule has 17 heavy (non-hydrogen) atoms. The molecule has 1 aliphatic heterocycles. The summed E-state index contributed by atoms with van der Waals surface area (Å²) in [5.41, 5.74) is 0.508. The molecule has 0 radical (unpaired) electrons. The first-order valence-corrected chi connectivity index (χ1v) is 6.26. The molecule has 1 atom stereocenters. The minimum atomic E-state index is -0.674. The molecule has 0 aromatic carbocycles. The summed E-state index contributed by atoms with van der Waals surface area (Å²) in [4.78, 5) is 0. The van der Waals surface area contributed by atoms with Crippen molar-refractivity contribution in [2.24, 2.45) is 0 Å². The largest absolute Gasteiger partial charge is 0.394 e. The highest BCUT2D eigenvalue weighted by Crippen LogP contribution is 2.24. The van der Waals surface area contributed by atoms with Crippen LogP contribution in [0.25, 0.3) is 0 Å². The van der Waals surface area contributed by atoms with Crippen molar-refractivity contribution in [1.82, 2.24) is 5.32 Å². The van der Waals surface area contributed by atoms with Gasteiger partial charge in [-0.15, -0.1) is 0 Å². The second-order valence-corrected chi connectivity index (χ2v) is 4.14. The SMILES string of the molecule is CC.OCC1(CO)COC(C2=CC=CCC2)N1. The summed E-state index contributed by atoms with van der Waals surface area (Å²) >= 11 is 0. The van der Waals surface area contributed by atoms with Crippen molar-refractivity contribution in [3.8, 4) is 0 Å². The molecule has 98 valence electrons. The zero-order valence-corrected chi connectivity index (χ0v) is 10.6. The number of aliphatic hydroxyl groups excluding tert-OH is 2. The lowest BCUT2D eigenvalue weighted by molar-refractivity contribution is 0.0827. The second kappa shape index (κ2) is 6.91. The first-order valence-electron chi connectivity index (χ1n) is 6.26. The molecule has 0 aromatic rings. The quantitative estimate of drug-likeness (QED) is 0.688. The van der Waals surface area contributed by atoms with E-state index >= 15 is 0 Å². The molecular weight excluding hydrogens is 218 g/mol. The van der Waals surface area contributed by atoms with Crippen molar-refractivity contribution < 1.29 is 14.9 Å². The molecule has 2 aliphatic rings. The molecule has 4 heteroatoms. The topological polar surface area (TPSA) is 61.7 Å². The minimum Gasteiger partial charge on any atom is -0.394 e. The molecule has 0 amide bonds. The van der Waals surface area contributed by atoms with Gasteiger partial charge in [0.2, 0.25) is 0 Å². The van der Waals surface area contributed by atoms with Crippen molar-refractivity contribution in [2.75, 3.05) is 19.8 Å². The van der Waals surface area contributed by atoms with Gasteiger partial charge in [0.25, 0.3) is 0 Å². The van der Waals surface area contributed by atoms with E-state index in [4.69, 9.17) is 4.74 Å². The number of rotatable bonds is 3. The van der Waals surface area contributed by atoms with Gasteiger partial charge in [0, 0.05) is 0 Å². The van der Waals surface area contributed by atoms with Crippen LogP contribution >= 0.6 is 0 Å². The van der Waals surface area contributed by atoms with E-state index in [1.54, 1.807) is 0 Å². The van der Waals surface area contributed by atoms with Crippen LogP contribution in [0.1, 0.15) is 26.7 Å². The van der Waals surface area contributed by atoms with Crippen molar-refractivity contribution in [1.29, 1.82) is 0 Å². The van der Waals surface area contributed by atoms with Gasteiger partial charge >= 0.3 is 0 Å². The van der Waals surface area contributed by atoms with Crippen LogP contribution in [0.15, 0.2) is 23.8 Å². The highest BCUT2D eigenvalue weighted by Gasteiger charge is 2.39. The second-order valence-electron chi connectivity index (χ2n) is 4.14. The van der Waals surface area contributed by atoms with Crippen LogP contribution < -0.4 is 5.32 Å². The van der Waals surface area contributed by atoms with E-state index in [0.29, 0.717) is 6.61 Å². The van der Waals surface area contributed by atoms with Crippen molar-refractivity contribution in [2.45, 2.75) is 38.5 Å². The summed E-state index contributed by atoms with van der Waals surface area (Å²) in [6.45, 7) is 4.14. The lowest BCUT2D eigenvalue weighted by Gasteiger charge is -2.24. The summed E-state index contributed by atoms with van der Waals surface area (Å²) in [6.07, 6.45) is 8.01. The van der Waals surface area contributed by atoms with E-state index in [-0.39, 0.29) is 19.4 Å². The first-order chi connectivity index (χ1) is 8.29. The monoisotopic (exact) mass is 241 g/mol. The molecule has 0 spiro atoms. The van der Waals surface area contributed by atoms with Gasteiger partial charge in [0.05, 0.1) is 25.4 Å². The molecule has 1 saturated heterocycles. The third-order valence-corrected chi connectivity index (χ3v) is 2.95. The summed E-state index contributed by atoms with van der Waals surface area (Å²) in [5.74, 6) is 0. The van der Waals surface area contributed by atoms with E-state index in [1.807, 2.05) is 26.0 Å². The molecule has 0 aromatic heterocycles. The Morgan fingerprint density at radius 1 is 1.41 bits per heavy atom. The Morgan fingerprint density at radius 2 is 2.12 bits per heavy atom. The Balaban J connectivity index is 0.000000686. The number of aliphatic hydroxyl groups is 2. The molecule has 3 N–H and O–H groups in total. The standard InChI is InChI=1S/C11H17NO3.C2H6/c13-6-11(7-14)8-15-10(12-11)9-4-2-1-3-5-9;1-2/h1-2,4,10,12-14H,3,5-8H2;1-2H3. The zero-order valence-electron chi connectivity index (χ0n) is 10.6. The maximum absolute atomic E-state index is 9.20. The van der Waals surface area contributed by atoms with Crippen LogP contribution in [-0.4, -0.2) is 41.8 Å². The molecule has 0 bridgehead atoms. The van der Waals surface area contributed by atoms with Crippen LogP contribution in [0.4, 0.5) is 0 Å². The number of hydrogen-bond acceptors (Lipinski definition) is 4. The molecule has 4 nitrogen and oxygen atoms in total. The smallest absolute Gasteiger partial charge is 0.131 e. The van der Waals surface area contributed by atoms with E-state index in [2.05, 4.69) is 11.4 Å². The maximum atomic E-state index is 9.20. The van der Waals surface area contributed by atoms with E-state index in [9.17, 15) is 10.2 Å². The van der Waals surface area contributed by atoms with E-state index in [0.717, 1.165) is 12.8 Å². The number of hydrogen-bond donors (Lipinski definition) is 3. The van der Waals surface area contributed by atoms with Crippen LogP contribution in [0.3, 0.4) is 0 Å². The summed E-state index contributed by atoms with van der Waals surface area (Å²) < 4.78 is 5.56. The normalized spacial score (nSPS) is 26.1. The molecule has 1 unspecified atom stereocenters. The summed E-state index contributed by atoms with van der Waals surface area (Å²) in [6, 6.07) is 0. The molecule has 2 rings (SSSR count). The van der Waals surface area contributed by atoms with Gasteiger partial charge in [-0.05, 0) is 18.4 Å². The minimum absolute atomic E-state index is 0.108. The lowest BCUT2D eigenvalue weighted by Crippen LogP contribution is -2.51. The molecule has 1 heterocycles. The van der Waals surface area contributed by atoms with Crippen LogP contribution in [0.2, 0.25) is 0 Å².